The fourth-order valence-corrected chi connectivity index (χ4v) is 1.79. The molecule has 1 aromatic carbocycles. The van der Waals surface area contributed by atoms with Crippen LogP contribution in [0.25, 0.3) is 0 Å². The molecule has 19 heavy (non-hydrogen) atoms. The maximum Gasteiger partial charge on any atom is 0.324 e. The molecule has 1 aromatic rings. The molecule has 0 spiro atoms. The molecule has 6 nitrogen and oxygen atoms in total. The van der Waals surface area contributed by atoms with Gasteiger partial charge in [0.25, 0.3) is 0 Å². The molecule has 2 rings (SSSR count). The number of urea groups is 1. The SMILES string of the molecule is COc1cc(F)ccc1NCC(=O)N1CCNC1=O. The third-order valence-electron chi connectivity index (χ3n) is 2.75. The Labute approximate surface area is 109 Å². The smallest absolute Gasteiger partial charge is 0.324 e. The molecule has 1 aliphatic heterocycles. The van der Waals surface area contributed by atoms with E-state index in [0.29, 0.717) is 24.5 Å². The van der Waals surface area contributed by atoms with Gasteiger partial charge in [-0.15, -0.1) is 0 Å². The van der Waals surface area contributed by atoms with Crippen molar-refractivity contribution >= 4 is 17.6 Å². The van der Waals surface area contributed by atoms with E-state index in [2.05, 4.69) is 10.6 Å². The minimum atomic E-state index is -0.423. The third kappa shape index (κ3) is 2.93. The molecule has 3 amide bonds. The fraction of sp³-hybridized carbons (Fsp3) is 0.333. The average Bonchev–Trinajstić information content (AvgIpc) is 2.83. The van der Waals surface area contributed by atoms with Crippen molar-refractivity contribution < 1.29 is 18.7 Å². The summed E-state index contributed by atoms with van der Waals surface area (Å²) in [6, 6.07) is 3.57. The van der Waals surface area contributed by atoms with Crippen LogP contribution in [0.1, 0.15) is 0 Å². The lowest BCUT2D eigenvalue weighted by molar-refractivity contribution is -0.125. The molecular formula is C12H14FN3O3. The zero-order valence-corrected chi connectivity index (χ0v) is 10.4. The monoisotopic (exact) mass is 267 g/mol. The van der Waals surface area contributed by atoms with Crippen LogP contribution in [-0.4, -0.2) is 43.6 Å². The molecule has 1 aliphatic rings. The maximum absolute atomic E-state index is 13.0. The second-order valence-corrected chi connectivity index (χ2v) is 3.98. The second kappa shape index (κ2) is 5.55. The zero-order chi connectivity index (χ0) is 13.8. The summed E-state index contributed by atoms with van der Waals surface area (Å²) in [5, 5.41) is 5.37. The highest BCUT2D eigenvalue weighted by Crippen LogP contribution is 2.24. The van der Waals surface area contributed by atoms with E-state index in [9.17, 15) is 14.0 Å². The van der Waals surface area contributed by atoms with Crippen molar-refractivity contribution in [3.8, 4) is 5.75 Å². The third-order valence-corrected chi connectivity index (χ3v) is 2.75. The number of anilines is 1. The Balaban J connectivity index is 1.98. The van der Waals surface area contributed by atoms with Crippen LogP contribution in [0.5, 0.6) is 5.75 Å². The molecule has 0 unspecified atom stereocenters. The summed E-state index contributed by atoms with van der Waals surface area (Å²) in [5.41, 5.74) is 0.497. The maximum atomic E-state index is 13.0. The number of nitrogens with one attached hydrogen (secondary N) is 2. The van der Waals surface area contributed by atoms with Gasteiger partial charge in [-0.05, 0) is 12.1 Å². The molecule has 7 heteroatoms. The molecule has 102 valence electrons. The van der Waals surface area contributed by atoms with Gasteiger partial charge in [-0.25, -0.2) is 9.18 Å². The molecule has 2 N–H and O–H groups in total. The van der Waals surface area contributed by atoms with Gasteiger partial charge in [0.15, 0.2) is 0 Å². The van der Waals surface area contributed by atoms with Crippen molar-refractivity contribution in [3.05, 3.63) is 24.0 Å². The highest BCUT2D eigenvalue weighted by molar-refractivity contribution is 5.97. The summed E-state index contributed by atoms with van der Waals surface area (Å²) in [7, 11) is 1.41. The predicted octanol–water partition coefficient (Wildman–Crippen LogP) is 0.798. The van der Waals surface area contributed by atoms with Gasteiger partial charge in [0.2, 0.25) is 5.91 Å². The van der Waals surface area contributed by atoms with Crippen LogP contribution < -0.4 is 15.4 Å². The van der Waals surface area contributed by atoms with E-state index < -0.39 is 11.8 Å². The summed E-state index contributed by atoms with van der Waals surface area (Å²) in [5.74, 6) is -0.465. The van der Waals surface area contributed by atoms with Gasteiger partial charge < -0.3 is 15.4 Å². The number of amides is 3. The molecular weight excluding hydrogens is 253 g/mol. The number of rotatable bonds is 4. The van der Waals surface area contributed by atoms with Gasteiger partial charge in [-0.2, -0.15) is 0 Å². The Hall–Kier alpha value is -2.31. The molecule has 0 atom stereocenters. The van der Waals surface area contributed by atoms with E-state index in [1.54, 1.807) is 0 Å². The van der Waals surface area contributed by atoms with Gasteiger partial charge in [0.1, 0.15) is 11.6 Å². The van der Waals surface area contributed by atoms with Crippen molar-refractivity contribution in [2.24, 2.45) is 0 Å². The Morgan fingerprint density at radius 3 is 3.00 bits per heavy atom. The van der Waals surface area contributed by atoms with Crippen LogP contribution in [0, 0.1) is 5.82 Å². The Bertz CT molecular complexity index is 507. The van der Waals surface area contributed by atoms with Crippen molar-refractivity contribution in [2.75, 3.05) is 32.1 Å². The number of methoxy groups -OCH3 is 1. The first-order chi connectivity index (χ1) is 9.11. The van der Waals surface area contributed by atoms with E-state index in [4.69, 9.17) is 4.74 Å². The first-order valence-electron chi connectivity index (χ1n) is 5.77. The lowest BCUT2D eigenvalue weighted by atomic mass is 10.3. The van der Waals surface area contributed by atoms with Crippen LogP contribution in [0.15, 0.2) is 18.2 Å². The molecule has 1 saturated heterocycles. The first kappa shape index (κ1) is 13.1. The number of halogens is 1. The van der Waals surface area contributed by atoms with Crippen molar-refractivity contribution in [1.82, 2.24) is 10.2 Å². The molecule has 0 saturated carbocycles. The van der Waals surface area contributed by atoms with Crippen molar-refractivity contribution in [1.29, 1.82) is 0 Å². The average molecular weight is 267 g/mol. The van der Waals surface area contributed by atoms with Gasteiger partial charge in [-0.3, -0.25) is 9.69 Å². The summed E-state index contributed by atoms with van der Waals surface area (Å²) in [6.45, 7) is 0.764. The number of hydrogen-bond donors (Lipinski definition) is 2. The normalized spacial score (nSPS) is 14.2. The molecule has 0 bridgehead atoms. The lowest BCUT2D eigenvalue weighted by Crippen LogP contribution is -2.38. The predicted molar refractivity (Wildman–Crippen MR) is 66.6 cm³/mol. The molecule has 0 aliphatic carbocycles. The number of carbonyl (C=O) groups excluding carboxylic acids is 2. The Morgan fingerprint density at radius 1 is 1.58 bits per heavy atom. The summed E-state index contributed by atoms with van der Waals surface area (Å²) in [4.78, 5) is 24.2. The van der Waals surface area contributed by atoms with Gasteiger partial charge in [-0.1, -0.05) is 0 Å². The highest BCUT2D eigenvalue weighted by atomic mass is 19.1. The van der Waals surface area contributed by atoms with E-state index >= 15 is 0 Å². The second-order valence-electron chi connectivity index (χ2n) is 3.98. The topological polar surface area (TPSA) is 70.7 Å². The highest BCUT2D eigenvalue weighted by Gasteiger charge is 2.25. The van der Waals surface area contributed by atoms with E-state index in [0.717, 1.165) is 4.90 Å². The van der Waals surface area contributed by atoms with Crippen molar-refractivity contribution in [2.45, 2.75) is 0 Å². The molecule has 0 radical (unpaired) electrons. The first-order valence-corrected chi connectivity index (χ1v) is 5.77. The van der Waals surface area contributed by atoms with Crippen LogP contribution in [0.4, 0.5) is 14.9 Å². The summed E-state index contributed by atoms with van der Waals surface area (Å²) >= 11 is 0. The minimum Gasteiger partial charge on any atom is -0.494 e. The number of imide groups is 1. The van der Waals surface area contributed by atoms with Crippen LogP contribution >= 0.6 is 0 Å². The zero-order valence-electron chi connectivity index (χ0n) is 10.4. The molecule has 1 heterocycles. The van der Waals surface area contributed by atoms with Gasteiger partial charge in [0.05, 0.1) is 19.3 Å². The van der Waals surface area contributed by atoms with E-state index in [1.807, 2.05) is 0 Å². The number of ether oxygens (including phenoxy) is 1. The van der Waals surface area contributed by atoms with Gasteiger partial charge >= 0.3 is 6.03 Å². The lowest BCUT2D eigenvalue weighted by Gasteiger charge is -2.14. The molecule has 0 aromatic heterocycles. The number of nitrogens with zero attached hydrogens (tertiary/aromatic N) is 1. The molecule has 1 fully saturated rings. The fourth-order valence-electron chi connectivity index (χ4n) is 1.79. The van der Waals surface area contributed by atoms with Crippen molar-refractivity contribution in [3.63, 3.8) is 0 Å². The van der Waals surface area contributed by atoms with E-state index in [1.165, 1.54) is 25.3 Å². The standard InChI is InChI=1S/C12H14FN3O3/c1-19-10-6-8(13)2-3-9(10)15-7-11(17)16-5-4-14-12(16)18/h2-3,6,15H,4-5,7H2,1H3,(H,14,18). The van der Waals surface area contributed by atoms with Crippen LogP contribution in [0.2, 0.25) is 0 Å². The summed E-state index contributed by atoms with van der Waals surface area (Å²) < 4.78 is 18.0. The quantitative estimate of drug-likeness (QED) is 0.846. The Morgan fingerprint density at radius 2 is 2.37 bits per heavy atom. The number of hydrogen-bond acceptors (Lipinski definition) is 4. The minimum absolute atomic E-state index is 0.0601. The largest absolute Gasteiger partial charge is 0.494 e. The van der Waals surface area contributed by atoms with E-state index in [-0.39, 0.29) is 12.5 Å². The number of carbonyl (C=O) groups is 2. The van der Waals surface area contributed by atoms with Crippen LogP contribution in [-0.2, 0) is 4.79 Å². The number of benzene rings is 1. The van der Waals surface area contributed by atoms with Crippen LogP contribution in [0.3, 0.4) is 0 Å². The van der Waals surface area contributed by atoms with Gasteiger partial charge in [0, 0.05) is 19.2 Å². The summed E-state index contributed by atoms with van der Waals surface area (Å²) in [6.07, 6.45) is 0. The Kier molecular flexibility index (Phi) is 3.84.